The molecule has 0 aliphatic rings. The van der Waals surface area contributed by atoms with Gasteiger partial charge in [-0.3, -0.25) is 14.9 Å². The van der Waals surface area contributed by atoms with E-state index in [4.69, 9.17) is 9.47 Å². The summed E-state index contributed by atoms with van der Waals surface area (Å²) in [6.07, 6.45) is 1.31. The maximum atomic E-state index is 12.1. The second kappa shape index (κ2) is 10.7. The molecule has 1 N–H and O–H groups in total. The summed E-state index contributed by atoms with van der Waals surface area (Å²) in [5.74, 6) is 0.667. The number of para-hydroxylation sites is 1. The van der Waals surface area contributed by atoms with Crippen molar-refractivity contribution in [1.82, 2.24) is 5.43 Å². The van der Waals surface area contributed by atoms with Crippen LogP contribution in [0.1, 0.15) is 22.3 Å². The summed E-state index contributed by atoms with van der Waals surface area (Å²) in [6.45, 7) is 2.44. The van der Waals surface area contributed by atoms with Gasteiger partial charge in [-0.05, 0) is 36.2 Å². The smallest absolute Gasteiger partial charge is 0.273 e. The second-order valence-corrected chi connectivity index (χ2v) is 7.04. The lowest BCUT2D eigenvalue weighted by atomic mass is 10.1. The highest BCUT2D eigenvalue weighted by Crippen LogP contribution is 2.28. The quantitative estimate of drug-likeness (QED) is 0.310. The van der Waals surface area contributed by atoms with Crippen LogP contribution in [-0.2, 0) is 17.8 Å². The molecule has 0 saturated heterocycles. The SMILES string of the molecule is COc1cc(C=NNC(=O)Cc2ccccc2[N+](=O)[O-])ccc1OCc1cccc(C)c1. The number of hydrogen-bond donors (Lipinski definition) is 1. The van der Waals surface area contributed by atoms with E-state index in [0.717, 1.165) is 11.1 Å². The molecule has 3 aromatic rings. The first-order valence-electron chi connectivity index (χ1n) is 9.87. The van der Waals surface area contributed by atoms with Crippen molar-refractivity contribution < 1.29 is 19.2 Å². The van der Waals surface area contributed by atoms with Crippen molar-refractivity contribution in [3.8, 4) is 11.5 Å². The van der Waals surface area contributed by atoms with Crippen LogP contribution in [-0.4, -0.2) is 24.2 Å². The van der Waals surface area contributed by atoms with E-state index in [9.17, 15) is 14.9 Å². The molecule has 0 unspecified atom stereocenters. The highest BCUT2D eigenvalue weighted by Gasteiger charge is 2.15. The number of rotatable bonds is 9. The fourth-order valence-electron chi connectivity index (χ4n) is 3.08. The predicted molar refractivity (Wildman–Crippen MR) is 121 cm³/mol. The Morgan fingerprint density at radius 2 is 1.91 bits per heavy atom. The Labute approximate surface area is 185 Å². The highest BCUT2D eigenvalue weighted by molar-refractivity contribution is 5.84. The molecule has 0 fully saturated rings. The maximum Gasteiger partial charge on any atom is 0.273 e. The number of nitro groups is 1. The van der Waals surface area contributed by atoms with Crippen molar-refractivity contribution in [3.63, 3.8) is 0 Å². The van der Waals surface area contributed by atoms with Crippen molar-refractivity contribution >= 4 is 17.8 Å². The van der Waals surface area contributed by atoms with Gasteiger partial charge in [0.15, 0.2) is 11.5 Å². The largest absolute Gasteiger partial charge is 0.493 e. The van der Waals surface area contributed by atoms with E-state index in [1.54, 1.807) is 43.5 Å². The zero-order chi connectivity index (χ0) is 22.9. The fraction of sp³-hybridized carbons (Fsp3) is 0.167. The van der Waals surface area contributed by atoms with Crippen molar-refractivity contribution in [3.05, 3.63) is 99.1 Å². The minimum atomic E-state index is -0.513. The molecule has 1 amide bonds. The number of nitro benzene ring substituents is 1. The number of aryl methyl sites for hydroxylation is 1. The summed E-state index contributed by atoms with van der Waals surface area (Å²) in [5, 5.41) is 15.0. The van der Waals surface area contributed by atoms with Gasteiger partial charge in [-0.15, -0.1) is 0 Å². The van der Waals surface area contributed by atoms with E-state index < -0.39 is 10.8 Å². The zero-order valence-corrected chi connectivity index (χ0v) is 17.8. The van der Waals surface area contributed by atoms with Gasteiger partial charge in [0.25, 0.3) is 5.69 Å². The minimum Gasteiger partial charge on any atom is -0.493 e. The average Bonchev–Trinajstić information content (AvgIpc) is 2.78. The molecule has 0 spiro atoms. The van der Waals surface area contributed by atoms with Gasteiger partial charge in [0.05, 0.1) is 24.7 Å². The summed E-state index contributed by atoms with van der Waals surface area (Å²) in [6, 6.07) is 19.5. The van der Waals surface area contributed by atoms with Crippen LogP contribution >= 0.6 is 0 Å². The number of hydrazone groups is 1. The van der Waals surface area contributed by atoms with Crippen molar-refractivity contribution in [2.75, 3.05) is 7.11 Å². The number of carbonyl (C=O) groups is 1. The van der Waals surface area contributed by atoms with Gasteiger partial charge in [0.1, 0.15) is 6.61 Å². The van der Waals surface area contributed by atoms with Crippen LogP contribution in [0.15, 0.2) is 71.8 Å². The van der Waals surface area contributed by atoms with E-state index >= 15 is 0 Å². The van der Waals surface area contributed by atoms with E-state index in [1.807, 2.05) is 25.1 Å². The third kappa shape index (κ3) is 6.15. The first kappa shape index (κ1) is 22.5. The second-order valence-electron chi connectivity index (χ2n) is 7.04. The molecule has 0 aliphatic heterocycles. The van der Waals surface area contributed by atoms with Crippen LogP contribution in [0.3, 0.4) is 0 Å². The summed E-state index contributed by atoms with van der Waals surface area (Å²) in [5.41, 5.74) is 5.51. The van der Waals surface area contributed by atoms with Crippen molar-refractivity contribution in [1.29, 1.82) is 0 Å². The molecule has 0 heterocycles. The topological polar surface area (TPSA) is 103 Å². The third-order valence-electron chi connectivity index (χ3n) is 4.61. The zero-order valence-electron chi connectivity index (χ0n) is 17.8. The Bertz CT molecular complexity index is 1140. The predicted octanol–water partition coefficient (Wildman–Crippen LogP) is 4.18. The highest BCUT2D eigenvalue weighted by atomic mass is 16.6. The lowest BCUT2D eigenvalue weighted by Gasteiger charge is -2.11. The van der Waals surface area contributed by atoms with Crippen LogP contribution in [0.5, 0.6) is 11.5 Å². The summed E-state index contributed by atoms with van der Waals surface area (Å²) in [7, 11) is 1.55. The number of benzene rings is 3. The van der Waals surface area contributed by atoms with E-state index in [1.165, 1.54) is 12.3 Å². The molecule has 0 radical (unpaired) electrons. The monoisotopic (exact) mass is 433 g/mol. The van der Waals surface area contributed by atoms with Crippen LogP contribution in [0.25, 0.3) is 0 Å². The Kier molecular flexibility index (Phi) is 7.53. The number of hydrogen-bond acceptors (Lipinski definition) is 6. The van der Waals surface area contributed by atoms with Gasteiger partial charge < -0.3 is 9.47 Å². The van der Waals surface area contributed by atoms with Crippen molar-refractivity contribution in [2.24, 2.45) is 5.10 Å². The number of ether oxygens (including phenoxy) is 2. The molecule has 0 aliphatic carbocycles. The molecule has 0 saturated carbocycles. The number of amides is 1. The third-order valence-corrected chi connectivity index (χ3v) is 4.61. The molecular weight excluding hydrogens is 410 g/mol. The Morgan fingerprint density at radius 3 is 2.66 bits per heavy atom. The number of methoxy groups -OCH3 is 1. The summed E-state index contributed by atoms with van der Waals surface area (Å²) < 4.78 is 11.3. The summed E-state index contributed by atoms with van der Waals surface area (Å²) >= 11 is 0. The molecule has 8 heteroatoms. The lowest BCUT2D eigenvalue weighted by molar-refractivity contribution is -0.385. The Hall–Kier alpha value is -4.20. The molecule has 164 valence electrons. The van der Waals surface area contributed by atoms with Gasteiger partial charge in [-0.25, -0.2) is 5.43 Å². The normalized spacial score (nSPS) is 10.7. The summed E-state index contributed by atoms with van der Waals surface area (Å²) in [4.78, 5) is 22.6. The van der Waals surface area contributed by atoms with Gasteiger partial charge in [0.2, 0.25) is 5.91 Å². The van der Waals surface area contributed by atoms with Crippen LogP contribution in [0.4, 0.5) is 5.69 Å². The molecule has 8 nitrogen and oxygen atoms in total. The van der Waals surface area contributed by atoms with Gasteiger partial charge in [0, 0.05) is 11.6 Å². The van der Waals surface area contributed by atoms with E-state index in [-0.39, 0.29) is 12.1 Å². The minimum absolute atomic E-state index is 0.0994. The van der Waals surface area contributed by atoms with Gasteiger partial charge >= 0.3 is 0 Å². The molecule has 0 bridgehead atoms. The molecule has 3 aromatic carbocycles. The maximum absolute atomic E-state index is 12.1. The number of nitrogens with zero attached hydrogens (tertiary/aromatic N) is 2. The Morgan fingerprint density at radius 1 is 1.09 bits per heavy atom. The average molecular weight is 433 g/mol. The molecule has 3 rings (SSSR count). The number of nitrogens with one attached hydrogen (secondary N) is 1. The van der Waals surface area contributed by atoms with Gasteiger partial charge in [-0.2, -0.15) is 5.10 Å². The van der Waals surface area contributed by atoms with E-state index in [0.29, 0.717) is 29.2 Å². The van der Waals surface area contributed by atoms with Crippen LogP contribution in [0, 0.1) is 17.0 Å². The fourth-order valence-corrected chi connectivity index (χ4v) is 3.08. The molecule has 0 atom stereocenters. The molecular formula is C24H23N3O5. The van der Waals surface area contributed by atoms with Crippen LogP contribution in [0.2, 0.25) is 0 Å². The van der Waals surface area contributed by atoms with Crippen LogP contribution < -0.4 is 14.9 Å². The lowest BCUT2D eigenvalue weighted by Crippen LogP contribution is -2.20. The standard InChI is InChI=1S/C24H23N3O5/c1-17-6-5-7-19(12-17)16-32-22-11-10-18(13-23(22)31-2)15-25-26-24(28)14-20-8-3-4-9-21(20)27(29)30/h3-13,15H,14,16H2,1-2H3,(H,26,28). The number of carbonyl (C=O) groups excluding carboxylic acids is 1. The first-order chi connectivity index (χ1) is 15.5. The van der Waals surface area contributed by atoms with Gasteiger partial charge in [-0.1, -0.05) is 48.0 Å². The molecule has 32 heavy (non-hydrogen) atoms. The molecule has 0 aromatic heterocycles. The Balaban J connectivity index is 1.60. The van der Waals surface area contributed by atoms with E-state index in [2.05, 4.69) is 16.6 Å². The first-order valence-corrected chi connectivity index (χ1v) is 9.87. The van der Waals surface area contributed by atoms with Crippen molar-refractivity contribution in [2.45, 2.75) is 20.0 Å².